The molecule has 1 N–H and O–H groups in total. The number of aromatic nitrogens is 1. The summed E-state index contributed by atoms with van der Waals surface area (Å²) in [5.74, 6) is -0.409. The highest BCUT2D eigenvalue weighted by atomic mass is 35.5. The molecule has 3 aromatic rings. The molecule has 0 aliphatic carbocycles. The fraction of sp³-hybridized carbons (Fsp3) is 0.190. The van der Waals surface area contributed by atoms with Crippen molar-refractivity contribution < 1.29 is 9.18 Å². The molecule has 5 heteroatoms. The van der Waals surface area contributed by atoms with Crippen molar-refractivity contribution in [2.45, 2.75) is 20.3 Å². The fourth-order valence-electron chi connectivity index (χ4n) is 2.93. The van der Waals surface area contributed by atoms with Gasteiger partial charge in [0, 0.05) is 22.9 Å². The van der Waals surface area contributed by atoms with Gasteiger partial charge < -0.3 is 9.88 Å². The van der Waals surface area contributed by atoms with E-state index in [2.05, 4.69) is 5.32 Å². The lowest BCUT2D eigenvalue weighted by Crippen LogP contribution is -2.24. The van der Waals surface area contributed by atoms with Crippen LogP contribution in [0.25, 0.3) is 16.9 Å². The number of amides is 1. The molecule has 0 spiro atoms. The first-order valence-corrected chi connectivity index (χ1v) is 8.91. The minimum Gasteiger partial charge on any atom is -0.352 e. The minimum atomic E-state index is -0.299. The summed E-state index contributed by atoms with van der Waals surface area (Å²) in [5, 5.41) is 3.56. The quantitative estimate of drug-likeness (QED) is 0.642. The largest absolute Gasteiger partial charge is 0.352 e. The van der Waals surface area contributed by atoms with E-state index in [0.717, 1.165) is 29.1 Å². The molecular weight excluding hydrogens is 351 g/mol. The average molecular weight is 371 g/mol. The molecule has 0 fully saturated rings. The number of carbonyl (C=O) groups excluding carboxylic acids is 1. The molecule has 0 radical (unpaired) electrons. The number of nitrogens with zero attached hydrogens (tertiary/aromatic N) is 1. The maximum atomic E-state index is 13.4. The summed E-state index contributed by atoms with van der Waals surface area (Å²) in [6.45, 7) is 4.52. The Kier molecular flexibility index (Phi) is 5.43. The highest BCUT2D eigenvalue weighted by Gasteiger charge is 2.19. The molecule has 3 nitrogen and oxygen atoms in total. The standard InChI is InChI=1S/C21H20ClFN2O/c1-3-12-24-21(26)19-13-20(15-4-6-16(22)7-5-15)25(14(19)2)18-10-8-17(23)9-11-18/h4-11,13H,3,12H2,1-2H3,(H,24,26). The Balaban J connectivity index is 2.15. The number of carbonyl (C=O) groups is 1. The first-order valence-electron chi connectivity index (χ1n) is 8.53. The lowest BCUT2D eigenvalue weighted by molar-refractivity contribution is 0.0953. The third-order valence-electron chi connectivity index (χ3n) is 4.25. The third-order valence-corrected chi connectivity index (χ3v) is 4.50. The van der Waals surface area contributed by atoms with Crippen LogP contribution in [0.4, 0.5) is 4.39 Å². The first kappa shape index (κ1) is 18.2. The Morgan fingerprint density at radius 2 is 1.77 bits per heavy atom. The molecule has 3 rings (SSSR count). The maximum absolute atomic E-state index is 13.4. The zero-order valence-corrected chi connectivity index (χ0v) is 15.5. The number of hydrogen-bond acceptors (Lipinski definition) is 1. The SMILES string of the molecule is CCCNC(=O)c1cc(-c2ccc(Cl)cc2)n(-c2ccc(F)cc2)c1C. The number of halogens is 2. The van der Waals surface area contributed by atoms with Crippen molar-refractivity contribution in [2.24, 2.45) is 0 Å². The molecule has 0 saturated carbocycles. The van der Waals surface area contributed by atoms with Crippen LogP contribution in [0.2, 0.25) is 5.02 Å². The fourth-order valence-corrected chi connectivity index (χ4v) is 3.05. The predicted molar refractivity (Wildman–Crippen MR) is 104 cm³/mol. The second-order valence-electron chi connectivity index (χ2n) is 6.10. The second kappa shape index (κ2) is 7.75. The van der Waals surface area contributed by atoms with Crippen LogP contribution in [0, 0.1) is 12.7 Å². The van der Waals surface area contributed by atoms with E-state index in [0.29, 0.717) is 17.1 Å². The molecule has 1 amide bonds. The van der Waals surface area contributed by atoms with Gasteiger partial charge in [-0.15, -0.1) is 0 Å². The van der Waals surface area contributed by atoms with Crippen molar-refractivity contribution in [1.82, 2.24) is 9.88 Å². The van der Waals surface area contributed by atoms with Crippen molar-refractivity contribution in [3.05, 3.63) is 76.7 Å². The van der Waals surface area contributed by atoms with Gasteiger partial charge >= 0.3 is 0 Å². The highest BCUT2D eigenvalue weighted by molar-refractivity contribution is 6.30. The van der Waals surface area contributed by atoms with Crippen LogP contribution in [0.1, 0.15) is 29.4 Å². The van der Waals surface area contributed by atoms with Gasteiger partial charge in [-0.3, -0.25) is 4.79 Å². The van der Waals surface area contributed by atoms with E-state index in [9.17, 15) is 9.18 Å². The van der Waals surface area contributed by atoms with Gasteiger partial charge in [0.2, 0.25) is 0 Å². The van der Waals surface area contributed by atoms with Crippen molar-refractivity contribution >= 4 is 17.5 Å². The smallest absolute Gasteiger partial charge is 0.253 e. The molecule has 134 valence electrons. The Hall–Kier alpha value is -2.59. The van der Waals surface area contributed by atoms with E-state index in [1.165, 1.54) is 12.1 Å². The van der Waals surface area contributed by atoms with Crippen LogP contribution >= 0.6 is 11.6 Å². The number of benzene rings is 2. The highest BCUT2D eigenvalue weighted by Crippen LogP contribution is 2.30. The normalized spacial score (nSPS) is 10.8. The topological polar surface area (TPSA) is 34.0 Å². The third kappa shape index (κ3) is 3.65. The van der Waals surface area contributed by atoms with Crippen LogP contribution < -0.4 is 5.32 Å². The zero-order valence-electron chi connectivity index (χ0n) is 14.7. The van der Waals surface area contributed by atoms with Crippen molar-refractivity contribution in [2.75, 3.05) is 6.54 Å². The molecule has 0 atom stereocenters. The average Bonchev–Trinajstić information content (AvgIpc) is 2.98. The van der Waals surface area contributed by atoms with Gasteiger partial charge in [0.25, 0.3) is 5.91 Å². The van der Waals surface area contributed by atoms with Gasteiger partial charge in [0.15, 0.2) is 0 Å². The molecule has 0 aliphatic heterocycles. The Morgan fingerprint density at radius 1 is 1.12 bits per heavy atom. The molecule has 2 aromatic carbocycles. The summed E-state index contributed by atoms with van der Waals surface area (Å²) in [4.78, 5) is 12.6. The van der Waals surface area contributed by atoms with Crippen LogP contribution in [-0.4, -0.2) is 17.0 Å². The summed E-state index contributed by atoms with van der Waals surface area (Å²) in [6, 6.07) is 15.5. The summed E-state index contributed by atoms with van der Waals surface area (Å²) in [5.41, 5.74) is 3.98. The lowest BCUT2D eigenvalue weighted by atomic mass is 10.1. The summed E-state index contributed by atoms with van der Waals surface area (Å²) < 4.78 is 15.3. The zero-order chi connectivity index (χ0) is 18.7. The molecule has 0 unspecified atom stereocenters. The molecule has 0 saturated heterocycles. The van der Waals surface area contributed by atoms with E-state index < -0.39 is 0 Å². The summed E-state index contributed by atoms with van der Waals surface area (Å²) >= 11 is 6.00. The molecular formula is C21H20ClFN2O. The Morgan fingerprint density at radius 3 is 2.38 bits per heavy atom. The van der Waals surface area contributed by atoms with Gasteiger partial charge in [0.1, 0.15) is 5.82 Å². The van der Waals surface area contributed by atoms with Crippen molar-refractivity contribution in [1.29, 1.82) is 0 Å². The van der Waals surface area contributed by atoms with E-state index >= 15 is 0 Å². The van der Waals surface area contributed by atoms with E-state index in [-0.39, 0.29) is 11.7 Å². The van der Waals surface area contributed by atoms with Crippen molar-refractivity contribution in [3.63, 3.8) is 0 Å². The molecule has 0 bridgehead atoms. The maximum Gasteiger partial charge on any atom is 0.253 e. The summed E-state index contributed by atoms with van der Waals surface area (Å²) in [7, 11) is 0. The Bertz CT molecular complexity index is 914. The molecule has 1 heterocycles. The lowest BCUT2D eigenvalue weighted by Gasteiger charge is -2.12. The molecule has 1 aromatic heterocycles. The van der Waals surface area contributed by atoms with Gasteiger partial charge in [-0.1, -0.05) is 30.7 Å². The van der Waals surface area contributed by atoms with Gasteiger partial charge in [-0.25, -0.2) is 4.39 Å². The van der Waals surface area contributed by atoms with Crippen LogP contribution in [0.15, 0.2) is 54.6 Å². The van der Waals surface area contributed by atoms with Crippen LogP contribution in [-0.2, 0) is 0 Å². The number of hydrogen-bond donors (Lipinski definition) is 1. The minimum absolute atomic E-state index is 0.111. The monoisotopic (exact) mass is 370 g/mol. The number of nitrogens with one attached hydrogen (secondary N) is 1. The van der Waals surface area contributed by atoms with Gasteiger partial charge in [-0.2, -0.15) is 0 Å². The van der Waals surface area contributed by atoms with Gasteiger partial charge in [0.05, 0.1) is 11.3 Å². The van der Waals surface area contributed by atoms with Crippen molar-refractivity contribution in [3.8, 4) is 16.9 Å². The second-order valence-corrected chi connectivity index (χ2v) is 6.54. The molecule has 0 aliphatic rings. The van der Waals surface area contributed by atoms with E-state index in [1.54, 1.807) is 12.1 Å². The van der Waals surface area contributed by atoms with Crippen LogP contribution in [0.5, 0.6) is 0 Å². The first-order chi connectivity index (χ1) is 12.5. The summed E-state index contributed by atoms with van der Waals surface area (Å²) in [6.07, 6.45) is 0.869. The Labute approximate surface area is 157 Å². The van der Waals surface area contributed by atoms with Crippen LogP contribution in [0.3, 0.4) is 0 Å². The molecule has 26 heavy (non-hydrogen) atoms. The predicted octanol–water partition coefficient (Wildman–Crippen LogP) is 5.39. The van der Waals surface area contributed by atoms with Gasteiger partial charge in [-0.05, 0) is 61.4 Å². The van der Waals surface area contributed by atoms with E-state index in [4.69, 9.17) is 11.6 Å². The number of rotatable bonds is 5. The van der Waals surface area contributed by atoms with E-state index in [1.807, 2.05) is 48.7 Å².